The predicted molar refractivity (Wildman–Crippen MR) is 92.9 cm³/mol. The van der Waals surface area contributed by atoms with Crippen LogP contribution in [0.2, 0.25) is 0 Å². The van der Waals surface area contributed by atoms with Gasteiger partial charge >= 0.3 is 6.36 Å². The van der Waals surface area contributed by atoms with Gasteiger partial charge in [0.2, 0.25) is 0 Å². The lowest BCUT2D eigenvalue weighted by Gasteiger charge is -2.50. The number of ether oxygens (including phenoxy) is 1. The van der Waals surface area contributed by atoms with Gasteiger partial charge in [0, 0.05) is 37.2 Å². The highest BCUT2D eigenvalue weighted by atomic mass is 19.4. The first kappa shape index (κ1) is 18.8. The minimum absolute atomic E-state index is 0.109. The summed E-state index contributed by atoms with van der Waals surface area (Å²) >= 11 is 0. The number of likely N-dealkylation sites (N-methyl/N-ethyl adjacent to an activating group) is 1. The van der Waals surface area contributed by atoms with Crippen LogP contribution in [-0.4, -0.2) is 60.3 Å². The third-order valence-corrected chi connectivity index (χ3v) is 5.39. The molecule has 0 bridgehead atoms. The molecule has 1 atom stereocenters. The summed E-state index contributed by atoms with van der Waals surface area (Å²) in [5, 5.41) is 0. The zero-order valence-electron chi connectivity index (χ0n) is 15.5. The fraction of sp³-hybridized carbons (Fsp3) is 0.474. The Morgan fingerprint density at radius 2 is 1.93 bits per heavy atom. The average molecular weight is 395 g/mol. The Balaban J connectivity index is 1.44. The molecular formula is C19H20F3N3O3. The quantitative estimate of drug-likeness (QED) is 0.800. The molecule has 0 aliphatic carbocycles. The molecule has 3 heterocycles. The first-order chi connectivity index (χ1) is 13.2. The van der Waals surface area contributed by atoms with Gasteiger partial charge in [0.1, 0.15) is 11.5 Å². The molecule has 28 heavy (non-hydrogen) atoms. The van der Waals surface area contributed by atoms with Gasteiger partial charge in [0.05, 0.1) is 12.1 Å². The maximum Gasteiger partial charge on any atom is 0.573 e. The summed E-state index contributed by atoms with van der Waals surface area (Å²) in [5.74, 6) is 1.01. The van der Waals surface area contributed by atoms with E-state index < -0.39 is 6.36 Å². The molecule has 1 amide bonds. The first-order valence-electron chi connectivity index (χ1n) is 8.91. The van der Waals surface area contributed by atoms with Crippen LogP contribution in [0.1, 0.15) is 27.9 Å². The van der Waals surface area contributed by atoms with Gasteiger partial charge in [0.25, 0.3) is 5.91 Å². The number of oxazole rings is 1. The van der Waals surface area contributed by atoms with E-state index in [1.54, 1.807) is 11.1 Å². The topological polar surface area (TPSA) is 58.8 Å². The van der Waals surface area contributed by atoms with E-state index in [4.69, 9.17) is 4.42 Å². The number of nitrogens with zero attached hydrogens (tertiary/aromatic N) is 3. The van der Waals surface area contributed by atoms with Crippen LogP contribution in [-0.2, 0) is 0 Å². The van der Waals surface area contributed by atoms with Gasteiger partial charge in [-0.15, -0.1) is 13.2 Å². The van der Waals surface area contributed by atoms with Crippen molar-refractivity contribution in [1.82, 2.24) is 14.8 Å². The Kier molecular flexibility index (Phi) is 4.37. The van der Waals surface area contributed by atoms with Crippen LogP contribution in [0.15, 0.2) is 34.9 Å². The van der Waals surface area contributed by atoms with Crippen LogP contribution in [0.25, 0.3) is 0 Å². The molecule has 2 aromatic rings. The second-order valence-electron chi connectivity index (χ2n) is 7.65. The summed E-state index contributed by atoms with van der Waals surface area (Å²) in [7, 11) is 2.03. The number of hydrogen-bond donors (Lipinski definition) is 0. The zero-order valence-corrected chi connectivity index (χ0v) is 15.5. The van der Waals surface area contributed by atoms with Crippen LogP contribution in [0.3, 0.4) is 0 Å². The Bertz CT molecular complexity index is 873. The Hall–Kier alpha value is -2.55. The van der Waals surface area contributed by atoms with Crippen LogP contribution in [0.5, 0.6) is 5.75 Å². The van der Waals surface area contributed by atoms with Crippen molar-refractivity contribution in [2.24, 2.45) is 5.41 Å². The number of alkyl halides is 3. The largest absolute Gasteiger partial charge is 0.573 e. The standard InChI is InChI=1S/C19H20F3N3O3/c1-12-7-23-16(27-12)15-8-24(2)9-18(15)10-25(11-18)17(26)13-3-5-14(6-4-13)28-19(20,21)22/h3-7,15H,8-11H2,1-2H3. The lowest BCUT2D eigenvalue weighted by Crippen LogP contribution is -2.61. The number of carbonyl (C=O) groups excluding carboxylic acids is 1. The van der Waals surface area contributed by atoms with Crippen molar-refractivity contribution in [3.8, 4) is 5.75 Å². The lowest BCUT2D eigenvalue weighted by atomic mass is 9.71. The molecule has 1 aromatic heterocycles. The summed E-state index contributed by atoms with van der Waals surface area (Å²) in [6.45, 7) is 4.61. The minimum Gasteiger partial charge on any atom is -0.446 e. The van der Waals surface area contributed by atoms with E-state index >= 15 is 0 Å². The Morgan fingerprint density at radius 3 is 2.50 bits per heavy atom. The lowest BCUT2D eigenvalue weighted by molar-refractivity contribution is -0.274. The van der Waals surface area contributed by atoms with E-state index in [1.165, 1.54) is 12.1 Å². The normalized spacial score (nSPS) is 21.8. The minimum atomic E-state index is -4.75. The molecule has 150 valence electrons. The van der Waals surface area contributed by atoms with E-state index in [9.17, 15) is 18.0 Å². The highest BCUT2D eigenvalue weighted by Crippen LogP contribution is 2.48. The van der Waals surface area contributed by atoms with Gasteiger partial charge < -0.3 is 19.0 Å². The van der Waals surface area contributed by atoms with E-state index in [0.717, 1.165) is 31.0 Å². The summed E-state index contributed by atoms with van der Waals surface area (Å²) < 4.78 is 46.3. The number of carbonyl (C=O) groups is 1. The fourth-order valence-electron chi connectivity index (χ4n) is 4.25. The van der Waals surface area contributed by atoms with Gasteiger partial charge in [-0.25, -0.2) is 4.98 Å². The van der Waals surface area contributed by atoms with Gasteiger partial charge in [-0.1, -0.05) is 0 Å². The summed E-state index contributed by atoms with van der Waals surface area (Å²) in [6, 6.07) is 5.00. The number of aromatic nitrogens is 1. The maximum absolute atomic E-state index is 12.7. The molecule has 1 spiro atoms. The van der Waals surface area contributed by atoms with Crippen molar-refractivity contribution >= 4 is 5.91 Å². The van der Waals surface area contributed by atoms with Crippen LogP contribution >= 0.6 is 0 Å². The average Bonchev–Trinajstić information content (AvgIpc) is 3.15. The SMILES string of the molecule is Cc1cnc(C2CN(C)CC23CN(C(=O)c2ccc(OC(F)(F)F)cc2)C3)o1. The predicted octanol–water partition coefficient (Wildman–Crippen LogP) is 3.05. The van der Waals surface area contributed by atoms with Gasteiger partial charge in [-0.3, -0.25) is 4.79 Å². The second-order valence-corrected chi connectivity index (χ2v) is 7.65. The second kappa shape index (κ2) is 6.51. The molecule has 1 unspecified atom stereocenters. The van der Waals surface area contributed by atoms with Crippen LogP contribution in [0.4, 0.5) is 13.2 Å². The van der Waals surface area contributed by atoms with Crippen LogP contribution in [0, 0.1) is 12.3 Å². The molecule has 0 saturated carbocycles. The molecule has 2 fully saturated rings. The number of halogens is 3. The van der Waals surface area contributed by atoms with Gasteiger partial charge in [-0.05, 0) is 38.2 Å². The van der Waals surface area contributed by atoms with Crippen molar-refractivity contribution in [2.75, 3.05) is 33.2 Å². The number of amides is 1. The number of hydrogen-bond acceptors (Lipinski definition) is 5. The zero-order chi connectivity index (χ0) is 20.1. The maximum atomic E-state index is 12.7. The summed E-state index contributed by atoms with van der Waals surface area (Å²) in [6.07, 6.45) is -3.05. The van der Waals surface area contributed by atoms with Crippen LogP contribution < -0.4 is 4.74 Å². The Labute approximate surface area is 159 Å². The summed E-state index contributed by atoms with van der Waals surface area (Å²) in [4.78, 5) is 21.0. The number of aryl methyl sites for hydroxylation is 1. The van der Waals surface area contributed by atoms with Crippen molar-refractivity contribution < 1.29 is 27.1 Å². The van der Waals surface area contributed by atoms with Crippen molar-refractivity contribution in [3.63, 3.8) is 0 Å². The first-order valence-corrected chi connectivity index (χ1v) is 8.91. The van der Waals surface area contributed by atoms with Crippen molar-refractivity contribution in [2.45, 2.75) is 19.2 Å². The van der Waals surface area contributed by atoms with Gasteiger partial charge in [0.15, 0.2) is 5.89 Å². The molecule has 0 N–H and O–H groups in total. The van der Waals surface area contributed by atoms with Crippen molar-refractivity contribution in [1.29, 1.82) is 0 Å². The molecule has 9 heteroatoms. The Morgan fingerprint density at radius 1 is 1.25 bits per heavy atom. The van der Waals surface area contributed by atoms with E-state index in [2.05, 4.69) is 14.6 Å². The van der Waals surface area contributed by atoms with E-state index in [0.29, 0.717) is 24.5 Å². The molecule has 1 aromatic carbocycles. The highest BCUT2D eigenvalue weighted by Gasteiger charge is 2.56. The monoisotopic (exact) mass is 395 g/mol. The highest BCUT2D eigenvalue weighted by molar-refractivity contribution is 5.95. The number of benzene rings is 1. The molecule has 2 saturated heterocycles. The van der Waals surface area contributed by atoms with Gasteiger partial charge in [-0.2, -0.15) is 0 Å². The summed E-state index contributed by atoms with van der Waals surface area (Å²) in [5.41, 5.74) is 0.223. The molecule has 2 aliphatic heterocycles. The number of likely N-dealkylation sites (tertiary alicyclic amines) is 2. The van der Waals surface area contributed by atoms with E-state index in [-0.39, 0.29) is 23.0 Å². The smallest absolute Gasteiger partial charge is 0.446 e. The molecule has 6 nitrogen and oxygen atoms in total. The van der Waals surface area contributed by atoms with E-state index in [1.807, 2.05) is 14.0 Å². The molecule has 4 rings (SSSR count). The van der Waals surface area contributed by atoms with Crippen molar-refractivity contribution in [3.05, 3.63) is 47.7 Å². The molecular weight excluding hydrogens is 375 g/mol. The molecule has 0 radical (unpaired) electrons. The number of rotatable bonds is 3. The third kappa shape index (κ3) is 3.46. The molecule has 2 aliphatic rings. The third-order valence-electron chi connectivity index (χ3n) is 5.39. The fourth-order valence-corrected chi connectivity index (χ4v) is 4.25.